The topological polar surface area (TPSA) is 41.1 Å². The molecule has 2 N–H and O–H groups in total. The Morgan fingerprint density at radius 2 is 2.10 bits per heavy atom. The van der Waals surface area contributed by atoms with Crippen LogP contribution in [0.15, 0.2) is 30.3 Å². The van der Waals surface area contributed by atoms with Crippen LogP contribution in [0.5, 0.6) is 0 Å². The Kier molecular flexibility index (Phi) is 4.06. The van der Waals surface area contributed by atoms with Gasteiger partial charge in [0.05, 0.1) is 0 Å². The molecule has 3 nitrogen and oxygen atoms in total. The molecule has 0 bridgehead atoms. The summed E-state index contributed by atoms with van der Waals surface area (Å²) in [6.07, 6.45) is 5.32. The molecule has 1 aromatic rings. The summed E-state index contributed by atoms with van der Waals surface area (Å²) in [5.41, 5.74) is 1.60. The molecule has 108 valence electrons. The fourth-order valence-electron chi connectivity index (χ4n) is 3.16. The van der Waals surface area contributed by atoms with Crippen LogP contribution in [0.4, 0.5) is 0 Å². The SMILES string of the molecule is O=C(CCC1CCNC1)NCC1(c2ccccc2)CC1. The van der Waals surface area contributed by atoms with E-state index in [0.29, 0.717) is 12.3 Å². The van der Waals surface area contributed by atoms with Crippen molar-refractivity contribution in [2.45, 2.75) is 37.5 Å². The molecule has 1 atom stereocenters. The zero-order valence-corrected chi connectivity index (χ0v) is 12.0. The summed E-state index contributed by atoms with van der Waals surface area (Å²) in [6.45, 7) is 3.00. The molecule has 1 saturated heterocycles. The second-order valence-corrected chi connectivity index (χ2v) is 6.32. The Bertz CT molecular complexity index is 447. The molecular weight excluding hydrogens is 248 g/mol. The Hall–Kier alpha value is -1.35. The largest absolute Gasteiger partial charge is 0.355 e. The number of amides is 1. The van der Waals surface area contributed by atoms with Crippen molar-refractivity contribution in [2.75, 3.05) is 19.6 Å². The lowest BCUT2D eigenvalue weighted by atomic mass is 9.96. The van der Waals surface area contributed by atoms with Gasteiger partial charge in [0.2, 0.25) is 5.91 Å². The molecule has 2 fully saturated rings. The van der Waals surface area contributed by atoms with Gasteiger partial charge in [0.1, 0.15) is 0 Å². The molecule has 0 aromatic heterocycles. The summed E-state index contributed by atoms with van der Waals surface area (Å²) in [6, 6.07) is 10.6. The van der Waals surface area contributed by atoms with Crippen molar-refractivity contribution in [3.8, 4) is 0 Å². The first-order valence-electron chi connectivity index (χ1n) is 7.81. The van der Waals surface area contributed by atoms with Gasteiger partial charge in [0, 0.05) is 18.4 Å². The molecule has 3 rings (SSSR count). The van der Waals surface area contributed by atoms with Crippen LogP contribution in [0.2, 0.25) is 0 Å². The lowest BCUT2D eigenvalue weighted by molar-refractivity contribution is -0.121. The Morgan fingerprint density at radius 3 is 2.75 bits per heavy atom. The van der Waals surface area contributed by atoms with E-state index < -0.39 is 0 Å². The summed E-state index contributed by atoms with van der Waals surface area (Å²) in [5.74, 6) is 0.920. The number of benzene rings is 1. The number of hydrogen-bond acceptors (Lipinski definition) is 2. The summed E-state index contributed by atoms with van der Waals surface area (Å²) >= 11 is 0. The highest BCUT2D eigenvalue weighted by molar-refractivity contribution is 5.76. The molecule has 0 spiro atoms. The van der Waals surface area contributed by atoms with Gasteiger partial charge < -0.3 is 10.6 Å². The number of hydrogen-bond donors (Lipinski definition) is 2. The summed E-state index contributed by atoms with van der Waals surface area (Å²) in [7, 11) is 0. The summed E-state index contributed by atoms with van der Waals surface area (Å²) in [4.78, 5) is 12.0. The highest BCUT2D eigenvalue weighted by Crippen LogP contribution is 2.47. The first-order valence-corrected chi connectivity index (χ1v) is 7.81. The first-order chi connectivity index (χ1) is 9.78. The van der Waals surface area contributed by atoms with Crippen LogP contribution in [-0.4, -0.2) is 25.5 Å². The van der Waals surface area contributed by atoms with Gasteiger partial charge >= 0.3 is 0 Å². The van der Waals surface area contributed by atoms with E-state index >= 15 is 0 Å². The maximum absolute atomic E-state index is 12.0. The molecule has 1 saturated carbocycles. The molecule has 3 heteroatoms. The molecule has 1 aromatic carbocycles. The van der Waals surface area contributed by atoms with Gasteiger partial charge in [-0.25, -0.2) is 0 Å². The third-order valence-electron chi connectivity index (χ3n) is 4.81. The molecule has 1 aliphatic heterocycles. The second kappa shape index (κ2) is 5.96. The minimum Gasteiger partial charge on any atom is -0.355 e. The number of nitrogens with one attached hydrogen (secondary N) is 2. The molecule has 1 aliphatic carbocycles. The van der Waals surface area contributed by atoms with E-state index in [1.54, 1.807) is 0 Å². The van der Waals surface area contributed by atoms with Crippen LogP contribution in [0, 0.1) is 5.92 Å². The zero-order chi connectivity index (χ0) is 13.8. The average Bonchev–Trinajstić information content (AvgIpc) is 3.11. The molecule has 20 heavy (non-hydrogen) atoms. The Labute approximate surface area is 121 Å². The lowest BCUT2D eigenvalue weighted by Crippen LogP contribution is -2.32. The highest BCUT2D eigenvalue weighted by atomic mass is 16.1. The monoisotopic (exact) mass is 272 g/mol. The summed E-state index contributed by atoms with van der Waals surface area (Å²) in [5, 5.41) is 6.50. The fraction of sp³-hybridized carbons (Fsp3) is 0.588. The molecule has 1 amide bonds. The lowest BCUT2D eigenvalue weighted by Gasteiger charge is -2.17. The summed E-state index contributed by atoms with van der Waals surface area (Å²) < 4.78 is 0. The van der Waals surface area contributed by atoms with Gasteiger partial charge in [-0.05, 0) is 50.3 Å². The van der Waals surface area contributed by atoms with Crippen LogP contribution >= 0.6 is 0 Å². The van der Waals surface area contributed by atoms with Crippen LogP contribution in [0.25, 0.3) is 0 Å². The average molecular weight is 272 g/mol. The van der Waals surface area contributed by atoms with E-state index in [2.05, 4.69) is 34.9 Å². The molecule has 2 aliphatic rings. The van der Waals surface area contributed by atoms with E-state index in [1.807, 2.05) is 6.07 Å². The van der Waals surface area contributed by atoms with E-state index in [9.17, 15) is 4.79 Å². The maximum Gasteiger partial charge on any atom is 0.220 e. The van der Waals surface area contributed by atoms with Crippen molar-refractivity contribution in [3.63, 3.8) is 0 Å². The Balaban J connectivity index is 1.43. The quantitative estimate of drug-likeness (QED) is 0.834. The van der Waals surface area contributed by atoms with Gasteiger partial charge in [0.15, 0.2) is 0 Å². The standard InChI is InChI=1S/C17H24N2O/c20-16(7-6-14-8-11-18-12-14)19-13-17(9-10-17)15-4-2-1-3-5-15/h1-5,14,18H,6-13H2,(H,19,20). The van der Waals surface area contributed by atoms with Gasteiger partial charge in [0.25, 0.3) is 0 Å². The van der Waals surface area contributed by atoms with Crippen molar-refractivity contribution in [1.82, 2.24) is 10.6 Å². The van der Waals surface area contributed by atoms with Gasteiger partial charge in [-0.2, -0.15) is 0 Å². The smallest absolute Gasteiger partial charge is 0.220 e. The fourth-order valence-corrected chi connectivity index (χ4v) is 3.16. The van der Waals surface area contributed by atoms with E-state index in [0.717, 1.165) is 26.1 Å². The predicted molar refractivity (Wildman–Crippen MR) is 80.6 cm³/mol. The minimum atomic E-state index is 0.221. The third-order valence-corrected chi connectivity index (χ3v) is 4.81. The van der Waals surface area contributed by atoms with Crippen molar-refractivity contribution in [2.24, 2.45) is 5.92 Å². The van der Waals surface area contributed by atoms with Crippen molar-refractivity contribution in [1.29, 1.82) is 0 Å². The van der Waals surface area contributed by atoms with Crippen molar-refractivity contribution >= 4 is 5.91 Å². The molecule has 1 unspecified atom stereocenters. The minimum absolute atomic E-state index is 0.221. The van der Waals surface area contributed by atoms with E-state index in [4.69, 9.17) is 0 Å². The molecular formula is C17H24N2O. The van der Waals surface area contributed by atoms with Gasteiger partial charge in [-0.1, -0.05) is 30.3 Å². The van der Waals surface area contributed by atoms with Crippen LogP contribution in [-0.2, 0) is 10.2 Å². The Morgan fingerprint density at radius 1 is 1.30 bits per heavy atom. The van der Waals surface area contributed by atoms with Crippen LogP contribution in [0.3, 0.4) is 0 Å². The van der Waals surface area contributed by atoms with E-state index in [-0.39, 0.29) is 11.3 Å². The number of rotatable bonds is 6. The normalized spacial score (nSPS) is 23.5. The number of carbonyl (C=O) groups is 1. The highest BCUT2D eigenvalue weighted by Gasteiger charge is 2.44. The van der Waals surface area contributed by atoms with Crippen LogP contribution in [0.1, 0.15) is 37.7 Å². The third kappa shape index (κ3) is 3.21. The van der Waals surface area contributed by atoms with Crippen molar-refractivity contribution in [3.05, 3.63) is 35.9 Å². The van der Waals surface area contributed by atoms with Crippen molar-refractivity contribution < 1.29 is 4.79 Å². The molecule has 0 radical (unpaired) electrons. The van der Waals surface area contributed by atoms with Gasteiger partial charge in [-0.15, -0.1) is 0 Å². The molecule has 1 heterocycles. The zero-order valence-electron chi connectivity index (χ0n) is 12.0. The van der Waals surface area contributed by atoms with Gasteiger partial charge in [-0.3, -0.25) is 4.79 Å². The van der Waals surface area contributed by atoms with E-state index in [1.165, 1.54) is 24.8 Å². The number of carbonyl (C=O) groups excluding carboxylic acids is 1. The second-order valence-electron chi connectivity index (χ2n) is 6.32. The predicted octanol–water partition coefficient (Wildman–Crippen LogP) is 2.22. The van der Waals surface area contributed by atoms with Crippen LogP contribution < -0.4 is 10.6 Å². The first kappa shape index (κ1) is 13.6. The maximum atomic E-state index is 12.0.